The van der Waals surface area contributed by atoms with Gasteiger partial charge in [0.25, 0.3) is 0 Å². The van der Waals surface area contributed by atoms with E-state index in [4.69, 9.17) is 43.4 Å². The number of benzene rings is 1. The first kappa shape index (κ1) is 29.6. The van der Waals surface area contributed by atoms with Crippen LogP contribution < -0.4 is 22.9 Å². The predicted molar refractivity (Wildman–Crippen MR) is 108 cm³/mol. The largest absolute Gasteiger partial charge is 0.481 e. The Morgan fingerprint density at radius 1 is 0.742 bits per heavy atom. The maximum atomic E-state index is 10.4. The second-order valence-corrected chi connectivity index (χ2v) is 6.13. The zero-order valence-electron chi connectivity index (χ0n) is 16.6. The summed E-state index contributed by atoms with van der Waals surface area (Å²) < 4.78 is 0. The summed E-state index contributed by atoms with van der Waals surface area (Å²) in [5, 5.41) is 32.8. The SMILES string of the molecule is NC(=O)CC[C@H](N)C(=O)O.N[C@@H](CC(=O)O)C(=O)O.N[C@@H](Cc1ccccc1)C(=O)O. The summed E-state index contributed by atoms with van der Waals surface area (Å²) in [6.07, 6.45) is -0.0242. The summed E-state index contributed by atoms with van der Waals surface area (Å²) in [6, 6.07) is 6.28. The van der Waals surface area contributed by atoms with Crippen molar-refractivity contribution in [2.45, 2.75) is 43.8 Å². The molecular formula is C18H28N4O9. The van der Waals surface area contributed by atoms with Crippen molar-refractivity contribution in [1.29, 1.82) is 0 Å². The summed E-state index contributed by atoms with van der Waals surface area (Å²) in [5.74, 6) is -5.10. The third-order valence-electron chi connectivity index (χ3n) is 3.35. The van der Waals surface area contributed by atoms with E-state index < -0.39 is 54.3 Å². The first-order valence-corrected chi connectivity index (χ1v) is 8.77. The lowest BCUT2D eigenvalue weighted by Gasteiger charge is -2.04. The Morgan fingerprint density at radius 3 is 1.52 bits per heavy atom. The molecule has 0 unspecified atom stereocenters. The van der Waals surface area contributed by atoms with Crippen LogP contribution in [0.4, 0.5) is 0 Å². The summed E-state index contributed by atoms with van der Waals surface area (Å²) >= 11 is 0. The van der Waals surface area contributed by atoms with Crippen LogP contribution in [0.5, 0.6) is 0 Å². The van der Waals surface area contributed by atoms with Crippen LogP contribution in [0.1, 0.15) is 24.8 Å². The Kier molecular flexibility index (Phi) is 15.6. The van der Waals surface area contributed by atoms with Crippen molar-refractivity contribution in [3.8, 4) is 0 Å². The van der Waals surface area contributed by atoms with Crippen LogP contribution in [0.2, 0.25) is 0 Å². The highest BCUT2D eigenvalue weighted by Crippen LogP contribution is 2.01. The quantitative estimate of drug-likeness (QED) is 0.198. The minimum Gasteiger partial charge on any atom is -0.481 e. The Balaban J connectivity index is 0. The number of carboxylic acid groups (broad SMARTS) is 4. The van der Waals surface area contributed by atoms with E-state index in [1.165, 1.54) is 0 Å². The fourth-order valence-corrected chi connectivity index (χ4v) is 1.65. The molecule has 0 saturated carbocycles. The number of primary amides is 1. The van der Waals surface area contributed by atoms with Crippen LogP contribution in [0.15, 0.2) is 30.3 Å². The first-order chi connectivity index (χ1) is 14.3. The van der Waals surface area contributed by atoms with Gasteiger partial charge in [0, 0.05) is 6.42 Å². The molecule has 0 bridgehead atoms. The van der Waals surface area contributed by atoms with Crippen LogP contribution in [0.3, 0.4) is 0 Å². The van der Waals surface area contributed by atoms with Gasteiger partial charge >= 0.3 is 23.9 Å². The molecule has 1 amide bonds. The van der Waals surface area contributed by atoms with E-state index >= 15 is 0 Å². The van der Waals surface area contributed by atoms with Crippen LogP contribution >= 0.6 is 0 Å². The average molecular weight is 444 g/mol. The van der Waals surface area contributed by atoms with Crippen LogP contribution in [0, 0.1) is 0 Å². The van der Waals surface area contributed by atoms with Crippen LogP contribution in [-0.2, 0) is 30.4 Å². The van der Waals surface area contributed by atoms with Gasteiger partial charge in [-0.2, -0.15) is 0 Å². The molecule has 0 spiro atoms. The maximum Gasteiger partial charge on any atom is 0.321 e. The summed E-state index contributed by atoms with van der Waals surface area (Å²) in [7, 11) is 0. The number of carbonyl (C=O) groups is 5. The molecule has 0 fully saturated rings. The Labute approximate surface area is 177 Å². The third kappa shape index (κ3) is 18.2. The van der Waals surface area contributed by atoms with Gasteiger partial charge in [0.1, 0.15) is 18.1 Å². The number of rotatable bonds is 10. The number of carbonyl (C=O) groups excluding carboxylic acids is 1. The second kappa shape index (κ2) is 16.3. The molecule has 0 aliphatic carbocycles. The van der Waals surface area contributed by atoms with E-state index in [0.29, 0.717) is 6.42 Å². The van der Waals surface area contributed by atoms with Gasteiger partial charge in [-0.15, -0.1) is 0 Å². The second-order valence-electron chi connectivity index (χ2n) is 6.13. The van der Waals surface area contributed by atoms with Crippen molar-refractivity contribution in [2.24, 2.45) is 22.9 Å². The van der Waals surface area contributed by atoms with Crippen molar-refractivity contribution in [2.75, 3.05) is 0 Å². The standard InChI is InChI=1S/C9H11NO2.C5H10N2O3.C4H7NO4/c10-8(9(11)12)6-7-4-2-1-3-5-7;6-3(5(9)10)1-2-4(7)8;5-2(4(8)9)1-3(6)7/h1-5,8H,6,10H2,(H,11,12);3H,1-2,6H2,(H2,7,8)(H,9,10);2H,1,5H2,(H,6,7)(H,8,9)/t8-;3-;2-/m000/s1. The predicted octanol–water partition coefficient (Wildman–Crippen LogP) is -1.82. The molecule has 0 aromatic heterocycles. The normalized spacial score (nSPS) is 12.5. The fourth-order valence-electron chi connectivity index (χ4n) is 1.65. The van der Waals surface area contributed by atoms with Crippen molar-refractivity contribution in [3.63, 3.8) is 0 Å². The van der Waals surface area contributed by atoms with Crippen molar-refractivity contribution >= 4 is 29.8 Å². The molecule has 0 saturated heterocycles. The number of amides is 1. The van der Waals surface area contributed by atoms with Gasteiger partial charge in [-0.3, -0.25) is 24.0 Å². The van der Waals surface area contributed by atoms with E-state index in [0.717, 1.165) is 5.56 Å². The lowest BCUT2D eigenvalue weighted by molar-refractivity contribution is -0.144. The molecule has 13 nitrogen and oxygen atoms in total. The molecule has 1 rings (SSSR count). The molecule has 0 aliphatic rings. The molecule has 0 heterocycles. The minimum absolute atomic E-state index is 0.0213. The Morgan fingerprint density at radius 2 is 1.19 bits per heavy atom. The zero-order chi connectivity index (χ0) is 24.6. The highest BCUT2D eigenvalue weighted by Gasteiger charge is 2.14. The fraction of sp³-hybridized carbons (Fsp3) is 0.389. The number of carboxylic acids is 4. The summed E-state index contributed by atoms with van der Waals surface area (Å²) in [5.41, 5.74) is 20.9. The molecule has 3 atom stereocenters. The number of nitrogens with two attached hydrogens (primary N) is 4. The highest BCUT2D eigenvalue weighted by atomic mass is 16.4. The molecule has 0 aliphatic heterocycles. The number of aliphatic carboxylic acids is 4. The molecule has 0 radical (unpaired) electrons. The van der Waals surface area contributed by atoms with Crippen molar-refractivity contribution < 1.29 is 44.4 Å². The third-order valence-corrected chi connectivity index (χ3v) is 3.35. The molecule has 31 heavy (non-hydrogen) atoms. The Hall–Kier alpha value is -3.55. The van der Waals surface area contributed by atoms with E-state index in [1.807, 2.05) is 30.3 Å². The molecule has 13 heteroatoms. The number of hydrogen-bond acceptors (Lipinski definition) is 8. The van der Waals surface area contributed by atoms with Crippen LogP contribution in [0.25, 0.3) is 0 Å². The van der Waals surface area contributed by atoms with E-state index in [-0.39, 0.29) is 12.8 Å². The van der Waals surface area contributed by atoms with Gasteiger partial charge in [-0.05, 0) is 18.4 Å². The van der Waals surface area contributed by atoms with E-state index in [9.17, 15) is 24.0 Å². The van der Waals surface area contributed by atoms with Crippen molar-refractivity contribution in [1.82, 2.24) is 0 Å². The first-order valence-electron chi connectivity index (χ1n) is 8.77. The van der Waals surface area contributed by atoms with Crippen LogP contribution in [-0.4, -0.2) is 68.3 Å². The summed E-state index contributed by atoms with van der Waals surface area (Å²) in [6.45, 7) is 0. The molecule has 1 aromatic rings. The van der Waals surface area contributed by atoms with Gasteiger partial charge in [-0.25, -0.2) is 0 Å². The molecule has 174 valence electrons. The monoisotopic (exact) mass is 444 g/mol. The van der Waals surface area contributed by atoms with E-state index in [1.54, 1.807) is 0 Å². The zero-order valence-corrected chi connectivity index (χ0v) is 16.6. The maximum absolute atomic E-state index is 10.4. The minimum atomic E-state index is -1.29. The lowest BCUT2D eigenvalue weighted by Crippen LogP contribution is -2.32. The Bertz CT molecular complexity index is 728. The lowest BCUT2D eigenvalue weighted by atomic mass is 10.1. The molecular weight excluding hydrogens is 416 g/mol. The van der Waals surface area contributed by atoms with Gasteiger partial charge in [0.2, 0.25) is 5.91 Å². The topological polar surface area (TPSA) is 270 Å². The van der Waals surface area contributed by atoms with Gasteiger partial charge < -0.3 is 43.4 Å². The summed E-state index contributed by atoms with van der Waals surface area (Å²) in [4.78, 5) is 50.1. The van der Waals surface area contributed by atoms with Gasteiger partial charge in [0.05, 0.1) is 6.42 Å². The smallest absolute Gasteiger partial charge is 0.321 e. The molecule has 12 N–H and O–H groups in total. The van der Waals surface area contributed by atoms with Gasteiger partial charge in [-0.1, -0.05) is 30.3 Å². The van der Waals surface area contributed by atoms with Crippen molar-refractivity contribution in [3.05, 3.63) is 35.9 Å². The average Bonchev–Trinajstić information content (AvgIpc) is 2.67. The highest BCUT2D eigenvalue weighted by molar-refractivity contribution is 5.80. The van der Waals surface area contributed by atoms with Gasteiger partial charge in [0.15, 0.2) is 0 Å². The van der Waals surface area contributed by atoms with E-state index in [2.05, 4.69) is 0 Å². The molecule has 1 aromatic carbocycles. The number of hydrogen-bond donors (Lipinski definition) is 8.